The summed E-state index contributed by atoms with van der Waals surface area (Å²) < 4.78 is 25.4. The second-order valence-corrected chi connectivity index (χ2v) is 5.47. The van der Waals surface area contributed by atoms with Crippen LogP contribution in [0.3, 0.4) is 0 Å². The molecule has 0 aliphatic carbocycles. The van der Waals surface area contributed by atoms with Crippen LogP contribution >= 0.6 is 0 Å². The molecule has 0 aromatic rings. The summed E-state index contributed by atoms with van der Waals surface area (Å²) in [4.78, 5) is 0. The highest BCUT2D eigenvalue weighted by Crippen LogP contribution is 2.14. The van der Waals surface area contributed by atoms with Crippen LogP contribution in [0.15, 0.2) is 0 Å². The maximum Gasteiger partial charge on any atom is 0.214 e. The van der Waals surface area contributed by atoms with Gasteiger partial charge in [-0.15, -0.1) is 0 Å². The lowest BCUT2D eigenvalue weighted by Crippen LogP contribution is -2.31. The zero-order valence-electron chi connectivity index (χ0n) is 12.8. The number of sulfonamides is 1. The van der Waals surface area contributed by atoms with E-state index in [0.717, 1.165) is 32.1 Å². The molecule has 1 N–H and O–H groups in total. The Labute approximate surface area is 109 Å². The number of hydrogen-bond donors (Lipinski definition) is 1. The van der Waals surface area contributed by atoms with Crippen LogP contribution in [0.4, 0.5) is 0 Å². The van der Waals surface area contributed by atoms with E-state index >= 15 is 0 Å². The summed E-state index contributed by atoms with van der Waals surface area (Å²) in [6.45, 7) is 12.1. The lowest BCUT2D eigenvalue weighted by molar-refractivity contribution is 0.540. The van der Waals surface area contributed by atoms with Gasteiger partial charge < -0.3 is 0 Å². The van der Waals surface area contributed by atoms with Crippen LogP contribution in [0.1, 0.15) is 73.6 Å². The SMILES string of the molecule is CC.CC.CCCCC(CCC)S(=O)(=O)NC. The largest absolute Gasteiger partial charge is 0.218 e. The van der Waals surface area contributed by atoms with E-state index in [1.807, 2.05) is 34.6 Å². The molecule has 3 nitrogen and oxygen atoms in total. The predicted molar refractivity (Wildman–Crippen MR) is 78.9 cm³/mol. The highest BCUT2D eigenvalue weighted by Gasteiger charge is 2.21. The Morgan fingerprint density at radius 1 is 0.941 bits per heavy atom. The normalized spacial score (nSPS) is 11.7. The van der Waals surface area contributed by atoms with E-state index in [1.54, 1.807) is 0 Å². The summed E-state index contributed by atoms with van der Waals surface area (Å²) in [6, 6.07) is 0. The zero-order valence-corrected chi connectivity index (χ0v) is 13.7. The molecule has 1 unspecified atom stereocenters. The van der Waals surface area contributed by atoms with Gasteiger partial charge in [0.1, 0.15) is 0 Å². The Balaban J connectivity index is -0.000000439. The summed E-state index contributed by atoms with van der Waals surface area (Å²) in [5.41, 5.74) is 0. The molecule has 0 bridgehead atoms. The molecule has 0 fully saturated rings. The van der Waals surface area contributed by atoms with Crippen molar-refractivity contribution >= 4 is 10.0 Å². The third-order valence-electron chi connectivity index (χ3n) is 2.21. The first-order chi connectivity index (χ1) is 8.08. The van der Waals surface area contributed by atoms with Gasteiger partial charge in [-0.3, -0.25) is 0 Å². The van der Waals surface area contributed by atoms with E-state index in [9.17, 15) is 8.42 Å². The number of rotatable bonds is 7. The average Bonchev–Trinajstić information content (AvgIpc) is 2.39. The van der Waals surface area contributed by atoms with E-state index < -0.39 is 10.0 Å². The van der Waals surface area contributed by atoms with Crippen molar-refractivity contribution in [1.82, 2.24) is 4.72 Å². The van der Waals surface area contributed by atoms with Crippen LogP contribution in [0.25, 0.3) is 0 Å². The molecule has 0 amide bonds. The molecule has 0 aromatic heterocycles. The van der Waals surface area contributed by atoms with Crippen molar-refractivity contribution in [3.63, 3.8) is 0 Å². The highest BCUT2D eigenvalue weighted by atomic mass is 32.2. The van der Waals surface area contributed by atoms with E-state index in [-0.39, 0.29) is 5.25 Å². The van der Waals surface area contributed by atoms with E-state index in [4.69, 9.17) is 0 Å². The molecule has 4 heteroatoms. The smallest absolute Gasteiger partial charge is 0.214 e. The average molecular weight is 267 g/mol. The number of hydrogen-bond acceptors (Lipinski definition) is 2. The lowest BCUT2D eigenvalue weighted by atomic mass is 10.1. The topological polar surface area (TPSA) is 46.2 Å². The molecule has 0 saturated carbocycles. The van der Waals surface area contributed by atoms with Gasteiger partial charge >= 0.3 is 0 Å². The molecule has 0 radical (unpaired) electrons. The van der Waals surface area contributed by atoms with Gasteiger partial charge in [-0.2, -0.15) is 0 Å². The van der Waals surface area contributed by atoms with Gasteiger partial charge in [0.2, 0.25) is 10.0 Å². The van der Waals surface area contributed by atoms with Gasteiger partial charge in [0.25, 0.3) is 0 Å². The van der Waals surface area contributed by atoms with Crippen molar-refractivity contribution in [1.29, 1.82) is 0 Å². The maximum absolute atomic E-state index is 11.5. The quantitative estimate of drug-likeness (QED) is 0.759. The second-order valence-electron chi connectivity index (χ2n) is 3.30. The monoisotopic (exact) mass is 267 g/mol. The summed E-state index contributed by atoms with van der Waals surface area (Å²) in [7, 11) is -1.55. The van der Waals surface area contributed by atoms with Gasteiger partial charge in [-0.05, 0) is 19.9 Å². The van der Waals surface area contributed by atoms with Gasteiger partial charge in [0.15, 0.2) is 0 Å². The Bertz CT molecular complexity index is 213. The Kier molecular flexibility index (Phi) is 20.7. The molecule has 0 rings (SSSR count). The van der Waals surface area contributed by atoms with Crippen LogP contribution in [-0.2, 0) is 10.0 Å². The van der Waals surface area contributed by atoms with E-state index in [1.165, 1.54) is 7.05 Å². The first kappa shape index (κ1) is 22.1. The zero-order chi connectivity index (χ0) is 14.3. The molecule has 0 aliphatic rings. The fourth-order valence-electron chi connectivity index (χ4n) is 1.38. The van der Waals surface area contributed by atoms with Crippen molar-refractivity contribution in [2.75, 3.05) is 7.05 Å². The molecule has 17 heavy (non-hydrogen) atoms. The van der Waals surface area contributed by atoms with E-state index in [0.29, 0.717) is 0 Å². The first-order valence-corrected chi connectivity index (χ1v) is 8.55. The van der Waals surface area contributed by atoms with E-state index in [2.05, 4.69) is 11.6 Å². The minimum absolute atomic E-state index is 0.192. The Morgan fingerprint density at radius 2 is 1.41 bits per heavy atom. The molecule has 0 saturated heterocycles. The minimum atomic E-state index is -3.04. The van der Waals surface area contributed by atoms with Crippen molar-refractivity contribution in [2.45, 2.75) is 78.9 Å². The molecule has 0 heterocycles. The standard InChI is InChI=1S/C9H21NO2S.2C2H6/c1-4-6-8-9(7-5-2)13(11,12)10-3;2*1-2/h9-10H,4-8H2,1-3H3;2*1-2H3. The predicted octanol–water partition coefficient (Wildman–Crippen LogP) is 3.95. The highest BCUT2D eigenvalue weighted by molar-refractivity contribution is 7.90. The van der Waals surface area contributed by atoms with Crippen molar-refractivity contribution in [3.05, 3.63) is 0 Å². The lowest BCUT2D eigenvalue weighted by Gasteiger charge is -2.15. The fraction of sp³-hybridized carbons (Fsp3) is 1.00. The van der Waals surface area contributed by atoms with Crippen LogP contribution in [0, 0.1) is 0 Å². The molecular formula is C13H33NO2S. The summed E-state index contributed by atoms with van der Waals surface area (Å²) in [5, 5.41) is -0.192. The molecular weight excluding hydrogens is 234 g/mol. The van der Waals surface area contributed by atoms with Crippen molar-refractivity contribution in [3.8, 4) is 0 Å². The summed E-state index contributed by atoms with van der Waals surface area (Å²) in [6.07, 6.45) is 4.52. The van der Waals surface area contributed by atoms with Crippen LogP contribution in [0.2, 0.25) is 0 Å². The van der Waals surface area contributed by atoms with Crippen molar-refractivity contribution in [2.24, 2.45) is 0 Å². The van der Waals surface area contributed by atoms with Crippen molar-refractivity contribution < 1.29 is 8.42 Å². The Morgan fingerprint density at radius 3 is 1.71 bits per heavy atom. The summed E-state index contributed by atoms with van der Waals surface area (Å²) >= 11 is 0. The molecule has 0 aromatic carbocycles. The van der Waals surface area contributed by atoms with Crippen LogP contribution < -0.4 is 4.72 Å². The third kappa shape index (κ3) is 12.2. The van der Waals surface area contributed by atoms with Gasteiger partial charge in [-0.1, -0.05) is 60.8 Å². The Hall–Kier alpha value is -0.0900. The van der Waals surface area contributed by atoms with Gasteiger partial charge in [-0.25, -0.2) is 13.1 Å². The number of unbranched alkanes of at least 4 members (excludes halogenated alkanes) is 1. The first-order valence-electron chi connectivity index (χ1n) is 7.00. The maximum atomic E-state index is 11.5. The minimum Gasteiger partial charge on any atom is -0.218 e. The molecule has 108 valence electrons. The third-order valence-corrected chi connectivity index (χ3v) is 4.13. The summed E-state index contributed by atoms with van der Waals surface area (Å²) in [5.74, 6) is 0. The van der Waals surface area contributed by atoms with Crippen LogP contribution in [0.5, 0.6) is 0 Å². The van der Waals surface area contributed by atoms with Gasteiger partial charge in [0, 0.05) is 0 Å². The molecule has 1 atom stereocenters. The second kappa shape index (κ2) is 15.9. The fourth-order valence-corrected chi connectivity index (χ4v) is 2.73. The molecule has 0 spiro atoms. The van der Waals surface area contributed by atoms with Gasteiger partial charge in [0.05, 0.1) is 5.25 Å². The molecule has 0 aliphatic heterocycles. The van der Waals surface area contributed by atoms with Crippen LogP contribution in [-0.4, -0.2) is 20.7 Å². The number of nitrogens with one attached hydrogen (secondary N) is 1.